The molecule has 278 valence electrons. The van der Waals surface area contributed by atoms with Gasteiger partial charge < -0.3 is 27.9 Å². The number of ether oxygens (including phenoxy) is 2. The van der Waals surface area contributed by atoms with E-state index in [-0.39, 0.29) is 26.2 Å². The maximum atomic E-state index is 12.5. The van der Waals surface area contributed by atoms with E-state index in [2.05, 4.69) is 62.5 Å². The Morgan fingerprint density at radius 1 is 0.667 bits per heavy atom. The summed E-state index contributed by atoms with van der Waals surface area (Å²) in [5.74, 6) is -0.419. The van der Waals surface area contributed by atoms with Crippen LogP contribution >= 0.6 is 7.82 Å². The lowest BCUT2D eigenvalue weighted by Crippen LogP contribution is -2.37. The number of hydrogen-bond acceptors (Lipinski definition) is 7. The van der Waals surface area contributed by atoms with Gasteiger partial charge in [-0.15, -0.1) is 0 Å². The van der Waals surface area contributed by atoms with Crippen LogP contribution in [0.4, 0.5) is 0 Å². The summed E-state index contributed by atoms with van der Waals surface area (Å²) in [6, 6.07) is 0. The molecule has 0 aliphatic carbocycles. The van der Waals surface area contributed by atoms with Crippen molar-refractivity contribution < 1.29 is 37.3 Å². The van der Waals surface area contributed by atoms with Crippen LogP contribution in [0.5, 0.6) is 0 Å². The molecule has 0 aromatic rings. The molecule has 0 heterocycles. The Kier molecular flexibility index (Phi) is 31.2. The van der Waals surface area contributed by atoms with Crippen LogP contribution in [0.3, 0.4) is 0 Å². The lowest BCUT2D eigenvalue weighted by molar-refractivity contribution is -0.870. The van der Waals surface area contributed by atoms with Crippen molar-refractivity contribution in [2.45, 2.75) is 129 Å². The Morgan fingerprint density at radius 3 is 1.81 bits per heavy atom. The number of nitrogens with zero attached hydrogens (tertiary/aromatic N) is 1. The average Bonchev–Trinajstić information content (AvgIpc) is 3.03. The number of quaternary nitrogens is 1. The number of unbranched alkanes of at least 4 members (excludes halogenated alkanes) is 9. The van der Waals surface area contributed by atoms with Crippen molar-refractivity contribution in [3.05, 3.63) is 60.8 Å². The monoisotopic (exact) mass is 695 g/mol. The van der Waals surface area contributed by atoms with E-state index in [9.17, 15) is 14.3 Å². The molecule has 0 aliphatic rings. The molecule has 0 bridgehead atoms. The summed E-state index contributed by atoms with van der Waals surface area (Å²) in [7, 11) is 1.30. The van der Waals surface area contributed by atoms with E-state index in [1.54, 1.807) is 0 Å². The van der Waals surface area contributed by atoms with E-state index in [1.807, 2.05) is 33.3 Å². The SMILES string of the molecule is CC/C=C\C/C=C\C/C=C\C/C=C\CCC(=O)OC(COCCCCCCCC/C=C\CCCCC)COP(=O)([O-])OCC[N+](C)(C)C. The second-order valence-electron chi connectivity index (χ2n) is 13.2. The van der Waals surface area contributed by atoms with E-state index in [0.717, 1.165) is 51.4 Å². The fraction of sp³-hybridized carbons (Fsp3) is 0.718. The maximum Gasteiger partial charge on any atom is 0.306 e. The van der Waals surface area contributed by atoms with Crippen molar-refractivity contribution in [1.29, 1.82) is 0 Å². The molecule has 0 aliphatic heterocycles. The predicted molar refractivity (Wildman–Crippen MR) is 199 cm³/mol. The van der Waals surface area contributed by atoms with Crippen LogP contribution in [0.15, 0.2) is 60.8 Å². The van der Waals surface area contributed by atoms with Crippen molar-refractivity contribution in [1.82, 2.24) is 0 Å². The molecule has 0 saturated carbocycles. The van der Waals surface area contributed by atoms with Crippen molar-refractivity contribution in [3.63, 3.8) is 0 Å². The summed E-state index contributed by atoms with van der Waals surface area (Å²) in [6.45, 7) is 5.12. The van der Waals surface area contributed by atoms with Gasteiger partial charge in [-0.05, 0) is 64.2 Å². The highest BCUT2D eigenvalue weighted by Gasteiger charge is 2.20. The lowest BCUT2D eigenvalue weighted by atomic mass is 10.1. The van der Waals surface area contributed by atoms with Crippen LogP contribution < -0.4 is 4.89 Å². The van der Waals surface area contributed by atoms with Gasteiger partial charge in [0.25, 0.3) is 7.82 Å². The first-order valence-corrected chi connectivity index (χ1v) is 20.0. The number of hydrogen-bond donors (Lipinski definition) is 0. The van der Waals surface area contributed by atoms with Crippen LogP contribution in [0.2, 0.25) is 0 Å². The third-order valence-corrected chi connectivity index (χ3v) is 8.28. The minimum Gasteiger partial charge on any atom is -0.756 e. The van der Waals surface area contributed by atoms with Gasteiger partial charge in [-0.2, -0.15) is 0 Å². The smallest absolute Gasteiger partial charge is 0.306 e. The molecule has 0 fully saturated rings. The molecule has 0 spiro atoms. The Balaban J connectivity index is 4.46. The highest BCUT2D eigenvalue weighted by atomic mass is 31.2. The Morgan fingerprint density at radius 2 is 1.21 bits per heavy atom. The molecule has 0 N–H and O–H groups in total. The van der Waals surface area contributed by atoms with E-state index in [1.165, 1.54) is 44.9 Å². The van der Waals surface area contributed by atoms with E-state index in [0.29, 0.717) is 24.1 Å². The number of likely N-dealkylation sites (N-methyl/N-ethyl adjacent to an activating group) is 1. The highest BCUT2D eigenvalue weighted by Crippen LogP contribution is 2.38. The topological polar surface area (TPSA) is 94.1 Å². The first kappa shape index (κ1) is 46.2. The maximum absolute atomic E-state index is 12.5. The zero-order chi connectivity index (χ0) is 35.6. The normalized spacial score (nSPS) is 14.7. The number of allylic oxidation sites excluding steroid dienone is 10. The molecule has 48 heavy (non-hydrogen) atoms. The van der Waals surface area contributed by atoms with Gasteiger partial charge in [-0.1, -0.05) is 113 Å². The number of rotatable bonds is 33. The van der Waals surface area contributed by atoms with Crippen LogP contribution in [-0.2, 0) is 27.9 Å². The quantitative estimate of drug-likeness (QED) is 0.0222. The van der Waals surface area contributed by atoms with Gasteiger partial charge in [0, 0.05) is 13.0 Å². The standard InChI is InChI=1S/C39H70NO7P/c1-6-8-10-12-14-16-18-20-22-24-26-28-30-32-39(41)47-38(37-46-48(42,43)45-35-33-40(3,4)5)36-44-34-31-29-27-25-23-21-19-17-15-13-11-9-7-2/h8,10,14-17,20,22,26,28,38H,6-7,9,11-13,18-19,21,23-25,27,29-37H2,1-5H3/b10-8-,16-14-,17-15-,22-20-,28-26-. The molecule has 0 amide bonds. The van der Waals surface area contributed by atoms with Crippen molar-refractivity contribution in [3.8, 4) is 0 Å². The van der Waals surface area contributed by atoms with Crippen LogP contribution in [0, 0.1) is 0 Å². The summed E-state index contributed by atoms with van der Waals surface area (Å²) in [5.41, 5.74) is 0. The minimum atomic E-state index is -4.54. The Bertz CT molecular complexity index is 952. The zero-order valence-electron chi connectivity index (χ0n) is 31.2. The van der Waals surface area contributed by atoms with Crippen LogP contribution in [-0.4, -0.2) is 70.7 Å². The predicted octanol–water partition coefficient (Wildman–Crippen LogP) is 9.58. The van der Waals surface area contributed by atoms with Gasteiger partial charge in [0.15, 0.2) is 0 Å². The number of phosphoric acid groups is 1. The number of phosphoric ester groups is 1. The summed E-state index contributed by atoms with van der Waals surface area (Å²) < 4.78 is 34.3. The fourth-order valence-electron chi connectivity index (χ4n) is 4.43. The second-order valence-corrected chi connectivity index (χ2v) is 14.6. The number of esters is 1. The van der Waals surface area contributed by atoms with Gasteiger partial charge in [-0.3, -0.25) is 9.36 Å². The first-order valence-electron chi connectivity index (χ1n) is 18.5. The van der Waals surface area contributed by atoms with Crippen molar-refractivity contribution >= 4 is 13.8 Å². The zero-order valence-corrected chi connectivity index (χ0v) is 32.1. The van der Waals surface area contributed by atoms with Crippen molar-refractivity contribution in [2.24, 2.45) is 0 Å². The summed E-state index contributed by atoms with van der Waals surface area (Å²) >= 11 is 0. The van der Waals surface area contributed by atoms with E-state index >= 15 is 0 Å². The van der Waals surface area contributed by atoms with Crippen LogP contribution in [0.25, 0.3) is 0 Å². The third kappa shape index (κ3) is 35.5. The molecule has 0 aromatic carbocycles. The van der Waals surface area contributed by atoms with Gasteiger partial charge in [0.1, 0.15) is 19.3 Å². The summed E-state index contributed by atoms with van der Waals surface area (Å²) in [4.78, 5) is 24.8. The molecule has 0 saturated heterocycles. The highest BCUT2D eigenvalue weighted by molar-refractivity contribution is 7.45. The van der Waals surface area contributed by atoms with Crippen LogP contribution in [0.1, 0.15) is 123 Å². The molecule has 9 heteroatoms. The van der Waals surface area contributed by atoms with E-state index < -0.39 is 19.9 Å². The van der Waals surface area contributed by atoms with Gasteiger partial charge >= 0.3 is 5.97 Å². The second kappa shape index (κ2) is 32.4. The Hall–Kier alpha value is -1.80. The summed E-state index contributed by atoms with van der Waals surface area (Å²) in [5, 5.41) is 0. The number of carbonyl (C=O) groups is 1. The summed E-state index contributed by atoms with van der Waals surface area (Å²) in [6.07, 6.45) is 38.2. The minimum absolute atomic E-state index is 0.00977. The lowest BCUT2D eigenvalue weighted by Gasteiger charge is -2.28. The molecular weight excluding hydrogens is 625 g/mol. The molecule has 0 rings (SSSR count). The Labute approximate surface area is 294 Å². The molecule has 2 unspecified atom stereocenters. The fourth-order valence-corrected chi connectivity index (χ4v) is 5.16. The molecule has 2 atom stereocenters. The van der Waals surface area contributed by atoms with E-state index in [4.69, 9.17) is 18.5 Å². The third-order valence-electron chi connectivity index (χ3n) is 7.32. The number of carbonyl (C=O) groups excluding carboxylic acids is 1. The van der Waals surface area contributed by atoms with Gasteiger partial charge in [0.05, 0.1) is 34.4 Å². The molecule has 0 aromatic heterocycles. The van der Waals surface area contributed by atoms with Crippen molar-refractivity contribution in [2.75, 3.05) is 54.1 Å². The average molecular weight is 696 g/mol. The molecular formula is C39H70NO7P. The largest absolute Gasteiger partial charge is 0.756 e. The first-order chi connectivity index (χ1) is 23.1. The van der Waals surface area contributed by atoms with Gasteiger partial charge in [-0.25, -0.2) is 0 Å². The molecule has 0 radical (unpaired) electrons. The molecule has 8 nitrogen and oxygen atoms in total. The van der Waals surface area contributed by atoms with Gasteiger partial charge in [0.2, 0.25) is 0 Å².